The highest BCUT2D eigenvalue weighted by Crippen LogP contribution is 2.41. The lowest BCUT2D eigenvalue weighted by Crippen LogP contribution is -2.46. The quantitative estimate of drug-likeness (QED) is 0.697. The van der Waals surface area contributed by atoms with Gasteiger partial charge in [0, 0.05) is 17.7 Å². The zero-order chi connectivity index (χ0) is 23.0. The van der Waals surface area contributed by atoms with Gasteiger partial charge in [0.2, 0.25) is 0 Å². The molecule has 0 radical (unpaired) electrons. The predicted molar refractivity (Wildman–Crippen MR) is 95.9 cm³/mol. The van der Waals surface area contributed by atoms with E-state index in [0.717, 1.165) is 30.6 Å². The van der Waals surface area contributed by atoms with Crippen molar-refractivity contribution in [2.45, 2.75) is 37.6 Å². The van der Waals surface area contributed by atoms with Crippen molar-refractivity contribution in [2.24, 2.45) is 10.7 Å². The highest BCUT2D eigenvalue weighted by Gasteiger charge is 2.50. The summed E-state index contributed by atoms with van der Waals surface area (Å²) in [5.74, 6) is -1.72. The van der Waals surface area contributed by atoms with Gasteiger partial charge in [-0.2, -0.15) is 13.2 Å². The molecule has 0 saturated heterocycles. The number of nitrogens with one attached hydrogen (secondary N) is 1. The van der Waals surface area contributed by atoms with Gasteiger partial charge in [0.05, 0.1) is 17.9 Å². The number of nitrogens with zero attached hydrogens (tertiary/aromatic N) is 3. The monoisotopic (exact) mass is 447 g/mol. The van der Waals surface area contributed by atoms with Crippen LogP contribution in [0, 0.1) is 5.82 Å². The SMILES string of the molecule is C[C@]1(c2cc(NC(=O)c3cnc(C(F)F)cn3)ccc2F)C[C@@H](C(F)(F)F)OC(N)=N1. The summed E-state index contributed by atoms with van der Waals surface area (Å²) in [7, 11) is 0. The van der Waals surface area contributed by atoms with Gasteiger partial charge in [-0.25, -0.2) is 23.1 Å². The van der Waals surface area contributed by atoms with Crippen LogP contribution in [0.5, 0.6) is 0 Å². The third kappa shape index (κ3) is 4.86. The summed E-state index contributed by atoms with van der Waals surface area (Å²) < 4.78 is 83.5. The number of carbonyl (C=O) groups excluding carboxylic acids is 1. The van der Waals surface area contributed by atoms with Gasteiger partial charge in [0.25, 0.3) is 18.4 Å². The van der Waals surface area contributed by atoms with E-state index < -0.39 is 54.1 Å². The van der Waals surface area contributed by atoms with E-state index in [4.69, 9.17) is 5.73 Å². The van der Waals surface area contributed by atoms with E-state index in [-0.39, 0.29) is 16.9 Å². The summed E-state index contributed by atoms with van der Waals surface area (Å²) in [6, 6.07) is 2.45. The summed E-state index contributed by atoms with van der Waals surface area (Å²) >= 11 is 0. The van der Waals surface area contributed by atoms with Crippen LogP contribution in [-0.4, -0.2) is 34.2 Å². The molecule has 1 amide bonds. The van der Waals surface area contributed by atoms with Crippen molar-refractivity contribution >= 4 is 17.6 Å². The molecule has 3 rings (SSSR count). The first-order valence-corrected chi connectivity index (χ1v) is 8.69. The number of nitrogens with two attached hydrogens (primary N) is 1. The number of benzene rings is 1. The van der Waals surface area contributed by atoms with Gasteiger partial charge in [0.1, 0.15) is 17.2 Å². The molecule has 0 fully saturated rings. The molecule has 2 heterocycles. The molecule has 31 heavy (non-hydrogen) atoms. The Morgan fingerprint density at radius 3 is 2.58 bits per heavy atom. The van der Waals surface area contributed by atoms with Gasteiger partial charge in [-0.05, 0) is 25.1 Å². The Hall–Kier alpha value is -3.38. The molecule has 3 N–H and O–H groups in total. The lowest BCUT2D eigenvalue weighted by Gasteiger charge is -2.36. The maximum atomic E-state index is 14.5. The Morgan fingerprint density at radius 1 is 1.29 bits per heavy atom. The average Bonchev–Trinajstić information content (AvgIpc) is 2.68. The fraction of sp³-hybridized carbons (Fsp3) is 0.333. The van der Waals surface area contributed by atoms with Gasteiger partial charge in [-0.1, -0.05) is 0 Å². The van der Waals surface area contributed by atoms with Crippen molar-refractivity contribution < 1.29 is 35.9 Å². The largest absolute Gasteiger partial charge is 0.452 e. The summed E-state index contributed by atoms with van der Waals surface area (Å²) in [6.07, 6.45) is -9.10. The second kappa shape index (κ2) is 8.04. The maximum Gasteiger partial charge on any atom is 0.425 e. The van der Waals surface area contributed by atoms with Crippen molar-refractivity contribution in [2.75, 3.05) is 5.32 Å². The first-order chi connectivity index (χ1) is 14.4. The van der Waals surface area contributed by atoms with Crippen LogP contribution in [0.15, 0.2) is 35.6 Å². The predicted octanol–water partition coefficient (Wildman–Crippen LogP) is 3.69. The van der Waals surface area contributed by atoms with Gasteiger partial charge in [-0.15, -0.1) is 0 Å². The van der Waals surface area contributed by atoms with Gasteiger partial charge < -0.3 is 15.8 Å². The second-order valence-corrected chi connectivity index (χ2v) is 6.85. The molecule has 0 saturated carbocycles. The Bertz CT molecular complexity index is 1010. The molecular weight excluding hydrogens is 432 g/mol. The molecule has 1 aromatic heterocycles. The van der Waals surface area contributed by atoms with Crippen molar-refractivity contribution in [3.05, 3.63) is 53.4 Å². The zero-order valence-electron chi connectivity index (χ0n) is 15.8. The summed E-state index contributed by atoms with van der Waals surface area (Å²) in [5.41, 5.74) is 2.47. The van der Waals surface area contributed by atoms with Crippen molar-refractivity contribution in [3.63, 3.8) is 0 Å². The standard InChI is InChI=1S/C18H15F6N5O2/c1-17(5-13(18(22,23)24)31-16(25)29-17)9-4-8(2-3-10(9)19)28-15(30)12-7-26-11(6-27-12)14(20)21/h2-4,6-7,13-14H,5H2,1H3,(H2,25,29)(H,28,30)/t13-,17+/m0/s1. The number of aromatic nitrogens is 2. The molecule has 0 unspecified atom stereocenters. The summed E-state index contributed by atoms with van der Waals surface area (Å²) in [6.45, 7) is 1.25. The van der Waals surface area contributed by atoms with Crippen LogP contribution in [-0.2, 0) is 10.3 Å². The van der Waals surface area contributed by atoms with Crippen LogP contribution >= 0.6 is 0 Å². The van der Waals surface area contributed by atoms with Crippen molar-refractivity contribution in [1.82, 2.24) is 9.97 Å². The van der Waals surface area contributed by atoms with Gasteiger partial charge >= 0.3 is 6.18 Å². The third-order valence-corrected chi connectivity index (χ3v) is 4.50. The number of alkyl halides is 5. The van der Waals surface area contributed by atoms with E-state index in [1.54, 1.807) is 0 Å². The molecule has 2 atom stereocenters. The maximum absolute atomic E-state index is 14.5. The number of amidine groups is 1. The fourth-order valence-corrected chi connectivity index (χ4v) is 3.00. The highest BCUT2D eigenvalue weighted by molar-refractivity contribution is 6.02. The Kier molecular flexibility index (Phi) is 5.79. The number of amides is 1. The second-order valence-electron chi connectivity index (χ2n) is 6.85. The number of aliphatic imine (C=N–C) groups is 1. The molecule has 0 aliphatic carbocycles. The Balaban J connectivity index is 1.88. The van der Waals surface area contributed by atoms with E-state index in [0.29, 0.717) is 0 Å². The minimum Gasteiger partial charge on any atom is -0.452 e. The van der Waals surface area contributed by atoms with Crippen LogP contribution in [0.4, 0.5) is 32.0 Å². The molecule has 1 aliphatic heterocycles. The van der Waals surface area contributed by atoms with E-state index >= 15 is 0 Å². The minimum absolute atomic E-state index is 0.00573. The van der Waals surface area contributed by atoms with Crippen LogP contribution in [0.2, 0.25) is 0 Å². The number of rotatable bonds is 4. The average molecular weight is 447 g/mol. The normalized spacial score (nSPS) is 21.4. The van der Waals surface area contributed by atoms with Crippen LogP contribution in [0.1, 0.15) is 41.5 Å². The smallest absolute Gasteiger partial charge is 0.425 e. The number of hydrogen-bond donors (Lipinski definition) is 2. The topological polar surface area (TPSA) is 102 Å². The van der Waals surface area contributed by atoms with Crippen molar-refractivity contribution in [1.29, 1.82) is 0 Å². The molecule has 166 valence electrons. The lowest BCUT2D eigenvalue weighted by molar-refractivity contribution is -0.208. The van der Waals surface area contributed by atoms with E-state index in [1.165, 1.54) is 6.92 Å². The first kappa shape index (κ1) is 22.3. The highest BCUT2D eigenvalue weighted by atomic mass is 19.4. The van der Waals surface area contributed by atoms with Crippen molar-refractivity contribution in [3.8, 4) is 0 Å². The third-order valence-electron chi connectivity index (χ3n) is 4.50. The molecule has 13 heteroatoms. The molecule has 1 aliphatic rings. The Morgan fingerprint density at radius 2 is 2.00 bits per heavy atom. The Labute approximate surface area is 171 Å². The molecular formula is C18H15F6N5O2. The summed E-state index contributed by atoms with van der Waals surface area (Å²) in [4.78, 5) is 23.1. The molecule has 0 spiro atoms. The van der Waals surface area contributed by atoms with E-state index in [1.807, 2.05) is 0 Å². The molecule has 0 bridgehead atoms. The number of hydrogen-bond acceptors (Lipinski definition) is 6. The number of ether oxygens (including phenoxy) is 1. The van der Waals surface area contributed by atoms with E-state index in [2.05, 4.69) is 25.0 Å². The number of carbonyl (C=O) groups is 1. The molecule has 7 nitrogen and oxygen atoms in total. The van der Waals surface area contributed by atoms with Gasteiger partial charge in [-0.3, -0.25) is 9.78 Å². The number of halogens is 6. The molecule has 1 aromatic carbocycles. The van der Waals surface area contributed by atoms with E-state index in [9.17, 15) is 31.1 Å². The van der Waals surface area contributed by atoms with Crippen LogP contribution < -0.4 is 11.1 Å². The summed E-state index contributed by atoms with van der Waals surface area (Å²) in [5, 5.41) is 2.35. The molecule has 2 aromatic rings. The lowest BCUT2D eigenvalue weighted by atomic mass is 9.85. The minimum atomic E-state index is -4.76. The number of anilines is 1. The zero-order valence-corrected chi connectivity index (χ0v) is 15.8. The van der Waals surface area contributed by atoms with Gasteiger partial charge in [0.15, 0.2) is 6.10 Å². The fourth-order valence-electron chi connectivity index (χ4n) is 3.00. The van der Waals surface area contributed by atoms with Crippen LogP contribution in [0.3, 0.4) is 0 Å². The first-order valence-electron chi connectivity index (χ1n) is 8.69. The van der Waals surface area contributed by atoms with Crippen LogP contribution in [0.25, 0.3) is 0 Å².